The first-order valence-corrected chi connectivity index (χ1v) is 13.1. The van der Waals surface area contributed by atoms with Crippen LogP contribution in [-0.4, -0.2) is 56.1 Å². The van der Waals surface area contributed by atoms with Crippen molar-refractivity contribution in [2.24, 2.45) is 0 Å². The molecule has 3 aromatic carbocycles. The van der Waals surface area contributed by atoms with Crippen LogP contribution in [0.5, 0.6) is 0 Å². The van der Waals surface area contributed by atoms with Crippen molar-refractivity contribution in [1.29, 1.82) is 0 Å². The minimum Gasteiger partial charge on any atom is -1.00 e. The second-order valence-corrected chi connectivity index (χ2v) is 10.7. The lowest BCUT2D eigenvalue weighted by Gasteiger charge is -2.36. The maximum absolute atomic E-state index is 12.8. The normalized spacial score (nSPS) is 14.5. The van der Waals surface area contributed by atoms with E-state index in [1.54, 1.807) is 18.2 Å². The van der Waals surface area contributed by atoms with Gasteiger partial charge >= 0.3 is 6.09 Å². The molecule has 0 aliphatic carbocycles. The lowest BCUT2D eigenvalue weighted by atomic mass is 9.99. The first kappa shape index (κ1) is 30.6. The third-order valence-corrected chi connectivity index (χ3v) is 7.17. The van der Waals surface area contributed by atoms with Crippen LogP contribution in [-0.2, 0) is 16.0 Å². The number of rotatable bonds is 8. The number of benzene rings is 3. The van der Waals surface area contributed by atoms with E-state index in [1.807, 2.05) is 48.5 Å². The first-order chi connectivity index (χ1) is 18.2. The highest BCUT2D eigenvalue weighted by Crippen LogP contribution is 2.30. The van der Waals surface area contributed by atoms with Crippen molar-refractivity contribution in [1.82, 2.24) is 0 Å². The first-order valence-electron chi connectivity index (χ1n) is 12.7. The number of carbonyl (C=O) groups is 3. The highest BCUT2D eigenvalue weighted by molar-refractivity contribution is 6.33. The molecule has 0 aromatic heterocycles. The zero-order chi connectivity index (χ0) is 27.1. The summed E-state index contributed by atoms with van der Waals surface area (Å²) in [5.41, 5.74) is 4.29. The van der Waals surface area contributed by atoms with E-state index in [1.165, 1.54) is 0 Å². The highest BCUT2D eigenvalue weighted by Gasteiger charge is 2.28. The van der Waals surface area contributed by atoms with E-state index >= 15 is 0 Å². The summed E-state index contributed by atoms with van der Waals surface area (Å²) in [6.45, 7) is 1.94. The van der Waals surface area contributed by atoms with Crippen molar-refractivity contribution >= 4 is 41.3 Å². The SMILES string of the molecule is C[N+]1(C)CCC(OC(=O)Nc2cc(CCC(=O)Nc3ccc(C=O)c(Cl)c3)ccc2-c2ccccc2)CC1.[I-]. The minimum absolute atomic E-state index is 0. The van der Waals surface area contributed by atoms with Gasteiger partial charge in [-0.25, -0.2) is 4.79 Å². The van der Waals surface area contributed by atoms with Crippen LogP contribution in [0.4, 0.5) is 16.2 Å². The van der Waals surface area contributed by atoms with Gasteiger partial charge in [-0.15, -0.1) is 0 Å². The summed E-state index contributed by atoms with van der Waals surface area (Å²) in [4.78, 5) is 36.3. The Bertz CT molecular complexity index is 1310. The van der Waals surface area contributed by atoms with Gasteiger partial charge in [0.05, 0.1) is 37.9 Å². The maximum atomic E-state index is 12.8. The smallest absolute Gasteiger partial charge is 0.411 e. The third-order valence-electron chi connectivity index (χ3n) is 6.84. The molecule has 1 aliphatic rings. The molecule has 1 heterocycles. The van der Waals surface area contributed by atoms with E-state index in [4.69, 9.17) is 16.3 Å². The Morgan fingerprint density at radius 3 is 2.38 bits per heavy atom. The summed E-state index contributed by atoms with van der Waals surface area (Å²) in [6.07, 6.45) is 2.49. The van der Waals surface area contributed by atoms with E-state index in [9.17, 15) is 14.4 Å². The summed E-state index contributed by atoms with van der Waals surface area (Å²) < 4.78 is 6.69. The summed E-state index contributed by atoms with van der Waals surface area (Å²) in [5, 5.41) is 6.05. The molecule has 9 heteroatoms. The number of amides is 2. The van der Waals surface area contributed by atoms with Gasteiger partial charge in [-0.2, -0.15) is 0 Å². The largest absolute Gasteiger partial charge is 1.00 e. The summed E-state index contributed by atoms with van der Waals surface area (Å²) in [6, 6.07) is 20.4. The lowest BCUT2D eigenvalue weighted by molar-refractivity contribution is -0.896. The molecule has 1 fully saturated rings. The number of hydrogen-bond donors (Lipinski definition) is 2. The predicted octanol–water partition coefficient (Wildman–Crippen LogP) is 3.18. The Morgan fingerprint density at radius 1 is 1.00 bits per heavy atom. The molecular formula is C30H33ClIN3O4. The Hall–Kier alpha value is -2.95. The van der Waals surface area contributed by atoms with Gasteiger partial charge in [0, 0.05) is 36.1 Å². The molecule has 0 saturated carbocycles. The van der Waals surface area contributed by atoms with Gasteiger partial charge in [-0.05, 0) is 41.8 Å². The van der Waals surface area contributed by atoms with Crippen LogP contribution in [0.2, 0.25) is 5.02 Å². The summed E-state index contributed by atoms with van der Waals surface area (Å²) in [7, 11) is 4.37. The van der Waals surface area contributed by atoms with Gasteiger partial charge in [0.15, 0.2) is 6.29 Å². The van der Waals surface area contributed by atoms with Crippen molar-refractivity contribution in [2.75, 3.05) is 37.8 Å². The number of halogens is 2. The van der Waals surface area contributed by atoms with E-state index in [0.717, 1.165) is 47.1 Å². The number of piperidine rings is 1. The van der Waals surface area contributed by atoms with Crippen LogP contribution in [0.3, 0.4) is 0 Å². The quantitative estimate of drug-likeness (QED) is 0.221. The number of nitrogens with zero attached hydrogens (tertiary/aromatic N) is 1. The Labute approximate surface area is 251 Å². The molecule has 0 unspecified atom stereocenters. The molecule has 4 rings (SSSR count). The molecule has 206 valence electrons. The van der Waals surface area contributed by atoms with Crippen LogP contribution >= 0.6 is 11.6 Å². The Morgan fingerprint density at radius 2 is 1.72 bits per heavy atom. The molecule has 1 aliphatic heterocycles. The Kier molecular flexibility index (Phi) is 10.9. The molecule has 7 nitrogen and oxygen atoms in total. The zero-order valence-corrected chi connectivity index (χ0v) is 25.0. The standard InChI is InChI=1S/C30H32ClN3O4.HI/c1-34(2)16-14-25(15-17-34)38-30(37)33-28-18-21(8-12-26(28)22-6-4-3-5-7-22)9-13-29(36)32-24-11-10-23(20-35)27(31)19-24;/h3-8,10-12,18-20,25H,9,13-17H2,1-2H3,(H-,32,33,35,36,37);1H. The number of ether oxygens (including phenoxy) is 1. The molecule has 2 amide bonds. The van der Waals surface area contributed by atoms with Crippen LogP contribution in [0.15, 0.2) is 66.7 Å². The predicted molar refractivity (Wildman–Crippen MR) is 151 cm³/mol. The number of hydrogen-bond acceptors (Lipinski definition) is 4. The second kappa shape index (κ2) is 13.9. The molecule has 1 saturated heterocycles. The fourth-order valence-corrected chi connectivity index (χ4v) is 4.78. The number of nitrogens with one attached hydrogen (secondary N) is 2. The van der Waals surface area contributed by atoms with Crippen LogP contribution in [0, 0.1) is 0 Å². The number of quaternary nitrogens is 1. The maximum Gasteiger partial charge on any atom is 0.411 e. The van der Waals surface area contributed by atoms with Gasteiger partial charge in [0.25, 0.3) is 0 Å². The molecular weight excluding hydrogens is 629 g/mol. The van der Waals surface area contributed by atoms with Crippen molar-refractivity contribution < 1.29 is 47.6 Å². The second-order valence-electron chi connectivity index (χ2n) is 10.3. The van der Waals surface area contributed by atoms with Crippen LogP contribution in [0.1, 0.15) is 35.2 Å². The fraction of sp³-hybridized carbons (Fsp3) is 0.300. The minimum atomic E-state index is -0.468. The Balaban J connectivity index is 0.00000420. The molecule has 0 spiro atoms. The third kappa shape index (κ3) is 8.78. The number of anilines is 2. The summed E-state index contributed by atoms with van der Waals surface area (Å²) >= 11 is 6.06. The average molecular weight is 662 g/mol. The number of aldehydes is 1. The molecule has 3 aromatic rings. The molecule has 39 heavy (non-hydrogen) atoms. The highest BCUT2D eigenvalue weighted by atomic mass is 127. The van der Waals surface area contributed by atoms with E-state index < -0.39 is 6.09 Å². The van der Waals surface area contributed by atoms with E-state index in [2.05, 4.69) is 24.7 Å². The zero-order valence-electron chi connectivity index (χ0n) is 22.1. The van der Waals surface area contributed by atoms with E-state index in [0.29, 0.717) is 29.6 Å². The number of likely N-dealkylation sites (tertiary alicyclic amines) is 1. The molecule has 2 N–H and O–H groups in total. The van der Waals surface area contributed by atoms with E-state index in [-0.39, 0.29) is 47.4 Å². The van der Waals surface area contributed by atoms with Gasteiger partial charge in [0.1, 0.15) is 6.10 Å². The lowest BCUT2D eigenvalue weighted by Crippen LogP contribution is -3.00. The number of carbonyl (C=O) groups excluding carboxylic acids is 3. The average Bonchev–Trinajstić information content (AvgIpc) is 2.89. The van der Waals surface area contributed by atoms with Crippen molar-refractivity contribution in [3.05, 3.63) is 82.9 Å². The van der Waals surface area contributed by atoms with Crippen LogP contribution < -0.4 is 34.6 Å². The van der Waals surface area contributed by atoms with Gasteiger partial charge in [0.2, 0.25) is 5.91 Å². The monoisotopic (exact) mass is 661 g/mol. The topological polar surface area (TPSA) is 84.5 Å². The number of aryl methyl sites for hydroxylation is 1. The van der Waals surface area contributed by atoms with Crippen LogP contribution in [0.25, 0.3) is 11.1 Å². The van der Waals surface area contributed by atoms with Gasteiger partial charge < -0.3 is 38.5 Å². The fourth-order valence-electron chi connectivity index (χ4n) is 4.55. The van der Waals surface area contributed by atoms with Gasteiger partial charge in [-0.1, -0.05) is 54.1 Å². The summed E-state index contributed by atoms with van der Waals surface area (Å²) in [5.74, 6) is -0.181. The molecule has 0 atom stereocenters. The van der Waals surface area contributed by atoms with Gasteiger partial charge in [-0.3, -0.25) is 14.9 Å². The van der Waals surface area contributed by atoms with Crippen molar-refractivity contribution in [3.8, 4) is 11.1 Å². The molecule has 0 bridgehead atoms. The van der Waals surface area contributed by atoms with Crippen molar-refractivity contribution in [3.63, 3.8) is 0 Å². The van der Waals surface area contributed by atoms with Crippen molar-refractivity contribution in [2.45, 2.75) is 31.8 Å². The molecule has 0 radical (unpaired) electrons.